The molecule has 0 aliphatic carbocycles. The first kappa shape index (κ1) is 26.1. The Hall–Kier alpha value is -3.98. The molecular formula is C28H32N4O5. The Kier molecular flexibility index (Phi) is 8.03. The van der Waals surface area contributed by atoms with Crippen LogP contribution in [0, 0.1) is 5.92 Å². The van der Waals surface area contributed by atoms with Gasteiger partial charge in [-0.15, -0.1) is 0 Å². The zero-order chi connectivity index (χ0) is 26.5. The van der Waals surface area contributed by atoms with Crippen molar-refractivity contribution in [2.75, 3.05) is 33.9 Å². The number of likely N-dealkylation sites (N-methyl/N-ethyl adjacent to an activating group) is 1. The number of methoxy groups -OCH3 is 1. The van der Waals surface area contributed by atoms with Crippen LogP contribution in [0.5, 0.6) is 11.6 Å². The first-order valence-electron chi connectivity index (χ1n) is 12.2. The van der Waals surface area contributed by atoms with Gasteiger partial charge in [-0.25, -0.2) is 4.98 Å². The molecule has 0 bridgehead atoms. The van der Waals surface area contributed by atoms with Crippen molar-refractivity contribution in [2.24, 2.45) is 5.92 Å². The number of carbonyl (C=O) groups excluding carboxylic acids is 2. The minimum atomic E-state index is -0.444. The summed E-state index contributed by atoms with van der Waals surface area (Å²) < 4.78 is 11.8. The van der Waals surface area contributed by atoms with Gasteiger partial charge in [0.1, 0.15) is 17.4 Å². The van der Waals surface area contributed by atoms with E-state index < -0.39 is 12.1 Å². The summed E-state index contributed by atoms with van der Waals surface area (Å²) in [5.41, 5.74) is 2.33. The highest BCUT2D eigenvalue weighted by atomic mass is 16.5. The highest BCUT2D eigenvalue weighted by molar-refractivity contribution is 5.98. The van der Waals surface area contributed by atoms with Gasteiger partial charge in [-0.3, -0.25) is 14.6 Å². The van der Waals surface area contributed by atoms with Crippen molar-refractivity contribution >= 4 is 11.8 Å². The van der Waals surface area contributed by atoms with Gasteiger partial charge in [-0.1, -0.05) is 25.1 Å². The second kappa shape index (κ2) is 11.4. The number of pyridine rings is 2. The molecule has 2 amide bonds. The lowest BCUT2D eigenvalue weighted by molar-refractivity contribution is 0.0313. The van der Waals surface area contributed by atoms with Crippen LogP contribution in [0.25, 0.3) is 11.1 Å². The van der Waals surface area contributed by atoms with E-state index in [-0.39, 0.29) is 36.8 Å². The highest BCUT2D eigenvalue weighted by Crippen LogP contribution is 2.34. The van der Waals surface area contributed by atoms with Gasteiger partial charge in [-0.2, -0.15) is 0 Å². The molecule has 2 aromatic heterocycles. The van der Waals surface area contributed by atoms with Gasteiger partial charge in [0.05, 0.1) is 26.3 Å². The fraction of sp³-hybridized carbons (Fsp3) is 0.357. The molecule has 0 saturated heterocycles. The molecule has 3 atom stereocenters. The molecule has 3 heterocycles. The lowest BCUT2D eigenvalue weighted by Crippen LogP contribution is -2.50. The van der Waals surface area contributed by atoms with E-state index in [0.29, 0.717) is 29.0 Å². The summed E-state index contributed by atoms with van der Waals surface area (Å²) >= 11 is 0. The van der Waals surface area contributed by atoms with E-state index in [4.69, 9.17) is 9.47 Å². The summed E-state index contributed by atoms with van der Waals surface area (Å²) in [6, 6.07) is 12.2. The average Bonchev–Trinajstić information content (AvgIpc) is 2.94. The molecule has 9 nitrogen and oxygen atoms in total. The molecule has 4 rings (SSSR count). The Balaban J connectivity index is 1.71. The van der Waals surface area contributed by atoms with Crippen molar-refractivity contribution in [3.05, 3.63) is 72.2 Å². The number of amides is 2. The summed E-state index contributed by atoms with van der Waals surface area (Å²) in [4.78, 5) is 38.4. The second-order valence-electron chi connectivity index (χ2n) is 9.32. The average molecular weight is 505 g/mol. The summed E-state index contributed by atoms with van der Waals surface area (Å²) in [6.45, 7) is 4.22. The maximum absolute atomic E-state index is 13.7. The van der Waals surface area contributed by atoms with Crippen LogP contribution in [0.3, 0.4) is 0 Å². The van der Waals surface area contributed by atoms with E-state index in [1.165, 1.54) is 0 Å². The molecule has 194 valence electrons. The van der Waals surface area contributed by atoms with Crippen molar-refractivity contribution in [1.82, 2.24) is 19.8 Å². The number of hydrogen-bond donors (Lipinski definition) is 1. The van der Waals surface area contributed by atoms with Crippen LogP contribution < -0.4 is 9.47 Å². The molecule has 0 fully saturated rings. The number of aliphatic hydroxyl groups is 1. The lowest BCUT2D eigenvalue weighted by atomic mass is 9.98. The Morgan fingerprint density at radius 2 is 1.97 bits per heavy atom. The van der Waals surface area contributed by atoms with Gasteiger partial charge in [0.2, 0.25) is 5.88 Å². The number of fused-ring (bicyclic) bond motifs is 1. The number of rotatable bonds is 7. The van der Waals surface area contributed by atoms with Gasteiger partial charge < -0.3 is 24.4 Å². The zero-order valence-corrected chi connectivity index (χ0v) is 21.5. The van der Waals surface area contributed by atoms with Crippen molar-refractivity contribution < 1.29 is 24.2 Å². The monoisotopic (exact) mass is 504 g/mol. The van der Waals surface area contributed by atoms with E-state index in [9.17, 15) is 14.7 Å². The topological polar surface area (TPSA) is 105 Å². The Morgan fingerprint density at radius 1 is 1.24 bits per heavy atom. The fourth-order valence-electron chi connectivity index (χ4n) is 4.42. The van der Waals surface area contributed by atoms with Gasteiger partial charge in [0.15, 0.2) is 0 Å². The van der Waals surface area contributed by atoms with E-state index in [0.717, 1.165) is 5.56 Å². The first-order chi connectivity index (χ1) is 17.8. The second-order valence-corrected chi connectivity index (χ2v) is 9.32. The smallest absolute Gasteiger partial charge is 0.259 e. The van der Waals surface area contributed by atoms with Gasteiger partial charge in [-0.05, 0) is 31.2 Å². The number of nitrogens with zero attached hydrogens (tertiary/aromatic N) is 4. The van der Waals surface area contributed by atoms with Crippen molar-refractivity contribution in [2.45, 2.75) is 26.0 Å². The molecule has 0 saturated carbocycles. The van der Waals surface area contributed by atoms with Crippen LogP contribution in [0.15, 0.2) is 61.1 Å². The molecular weight excluding hydrogens is 472 g/mol. The number of carbonyl (C=O) groups is 2. The number of aliphatic hydroxyl groups excluding tert-OH is 1. The summed E-state index contributed by atoms with van der Waals surface area (Å²) in [5, 5.41) is 9.90. The third kappa shape index (κ3) is 5.56. The van der Waals surface area contributed by atoms with E-state index in [2.05, 4.69) is 9.97 Å². The predicted molar refractivity (Wildman–Crippen MR) is 139 cm³/mol. The largest absolute Gasteiger partial charge is 0.496 e. The normalized spacial score (nSPS) is 18.2. The molecule has 1 aromatic carbocycles. The van der Waals surface area contributed by atoms with Crippen LogP contribution >= 0.6 is 0 Å². The van der Waals surface area contributed by atoms with E-state index in [1.54, 1.807) is 67.7 Å². The van der Waals surface area contributed by atoms with E-state index in [1.807, 2.05) is 31.2 Å². The molecule has 3 aromatic rings. The third-order valence-corrected chi connectivity index (χ3v) is 6.67. The van der Waals surface area contributed by atoms with Crippen LogP contribution in [0.1, 0.15) is 34.6 Å². The number of aromatic nitrogens is 2. The minimum Gasteiger partial charge on any atom is -0.496 e. The minimum absolute atomic E-state index is 0.144. The zero-order valence-electron chi connectivity index (χ0n) is 21.5. The van der Waals surface area contributed by atoms with Crippen LogP contribution in [-0.4, -0.2) is 82.7 Å². The number of benzene rings is 1. The number of ether oxygens (including phenoxy) is 2. The molecule has 0 spiro atoms. The summed E-state index contributed by atoms with van der Waals surface area (Å²) in [7, 11) is 3.31. The van der Waals surface area contributed by atoms with Gasteiger partial charge >= 0.3 is 0 Å². The molecule has 0 unspecified atom stereocenters. The maximum atomic E-state index is 13.7. The van der Waals surface area contributed by atoms with Crippen LogP contribution in [0.4, 0.5) is 0 Å². The Morgan fingerprint density at radius 3 is 2.68 bits per heavy atom. The Bertz CT molecular complexity index is 1250. The highest BCUT2D eigenvalue weighted by Gasteiger charge is 2.35. The standard InChI is InChI=1S/C28H32N4O5/c1-18-15-32(19(2)17-33)28(35)23-13-21(22-7-5-6-8-24(22)36-4)14-30-26(23)37-25(18)16-31(3)27(34)20-9-11-29-12-10-20/h5-14,18-19,25,33H,15-17H2,1-4H3/t18-,19+,25+/m1/s1. The Labute approximate surface area is 216 Å². The van der Waals surface area contributed by atoms with Crippen molar-refractivity contribution in [3.63, 3.8) is 0 Å². The maximum Gasteiger partial charge on any atom is 0.259 e. The molecule has 1 N–H and O–H groups in total. The first-order valence-corrected chi connectivity index (χ1v) is 12.2. The van der Waals surface area contributed by atoms with E-state index >= 15 is 0 Å². The SMILES string of the molecule is COc1ccccc1-c1cnc2c(c1)C(=O)N([C@@H](C)CO)C[C@@H](C)[C@H](CN(C)C(=O)c1ccncc1)O2. The third-order valence-electron chi connectivity index (χ3n) is 6.67. The molecule has 1 aliphatic heterocycles. The quantitative estimate of drug-likeness (QED) is 0.527. The molecule has 9 heteroatoms. The van der Waals surface area contributed by atoms with Crippen molar-refractivity contribution in [3.8, 4) is 22.8 Å². The van der Waals surface area contributed by atoms with Crippen LogP contribution in [-0.2, 0) is 0 Å². The van der Waals surface area contributed by atoms with Gasteiger partial charge in [0, 0.05) is 54.8 Å². The predicted octanol–water partition coefficient (Wildman–Crippen LogP) is 3.14. The molecule has 1 aliphatic rings. The fourth-order valence-corrected chi connectivity index (χ4v) is 4.42. The number of para-hydroxylation sites is 1. The summed E-state index contributed by atoms with van der Waals surface area (Å²) in [5.74, 6) is 0.283. The van der Waals surface area contributed by atoms with Crippen molar-refractivity contribution in [1.29, 1.82) is 0 Å². The number of hydrogen-bond acceptors (Lipinski definition) is 7. The molecule has 37 heavy (non-hydrogen) atoms. The van der Waals surface area contributed by atoms with Crippen LogP contribution in [0.2, 0.25) is 0 Å². The van der Waals surface area contributed by atoms with Gasteiger partial charge in [0.25, 0.3) is 11.8 Å². The molecule has 0 radical (unpaired) electrons. The summed E-state index contributed by atoms with van der Waals surface area (Å²) in [6.07, 6.45) is 4.37. The lowest BCUT2D eigenvalue weighted by Gasteiger charge is -2.37.